The molecule has 0 unspecified atom stereocenters. The molecule has 4 aromatic carbocycles. The monoisotopic (exact) mass is 440 g/mol. The van der Waals surface area contributed by atoms with E-state index in [1.54, 1.807) is 6.21 Å². The molecule has 4 rings (SSSR count). The SMILES string of the molecule is O=C(N/N=C/c1ccc(/C=C/Cc2ccccc2)c2ccccc12)c1ccc(O)c(Cl)c1. The van der Waals surface area contributed by atoms with Crippen LogP contribution in [0, 0.1) is 0 Å². The van der Waals surface area contributed by atoms with Crippen molar-refractivity contribution in [3.8, 4) is 5.75 Å². The number of phenolic OH excluding ortho intramolecular Hbond substituents is 1. The Morgan fingerprint density at radius 2 is 1.59 bits per heavy atom. The standard InChI is InChI=1S/C27H21ClN2O2/c28-25-17-21(15-16-26(25)31)27(32)30-29-18-22-14-13-20(23-11-4-5-12-24(22)23)10-6-9-19-7-2-1-3-8-19/h1-8,10-18,31H,9H2,(H,30,32)/b10-6+,29-18+. The fourth-order valence-corrected chi connectivity index (χ4v) is 3.59. The summed E-state index contributed by atoms with van der Waals surface area (Å²) < 4.78 is 0. The summed E-state index contributed by atoms with van der Waals surface area (Å²) in [5, 5.41) is 15.9. The lowest BCUT2D eigenvalue weighted by Crippen LogP contribution is -2.17. The first-order valence-electron chi connectivity index (χ1n) is 10.2. The van der Waals surface area contributed by atoms with Gasteiger partial charge in [-0.1, -0.05) is 90.5 Å². The third-order valence-electron chi connectivity index (χ3n) is 5.06. The Hall–Kier alpha value is -3.89. The van der Waals surface area contributed by atoms with E-state index in [1.165, 1.54) is 23.8 Å². The first-order chi connectivity index (χ1) is 15.6. The average molecular weight is 441 g/mol. The van der Waals surface area contributed by atoms with Crippen LogP contribution in [0.4, 0.5) is 0 Å². The molecular formula is C27H21ClN2O2. The van der Waals surface area contributed by atoms with E-state index < -0.39 is 5.91 Å². The Kier molecular flexibility index (Phi) is 6.63. The van der Waals surface area contributed by atoms with Crippen molar-refractivity contribution in [1.29, 1.82) is 0 Å². The van der Waals surface area contributed by atoms with Gasteiger partial charge in [0.1, 0.15) is 5.75 Å². The number of hydrogen-bond acceptors (Lipinski definition) is 3. The molecule has 1 amide bonds. The average Bonchev–Trinajstić information content (AvgIpc) is 2.82. The van der Waals surface area contributed by atoms with E-state index in [0.717, 1.165) is 28.3 Å². The number of carbonyl (C=O) groups is 1. The minimum absolute atomic E-state index is 0.0731. The van der Waals surface area contributed by atoms with E-state index in [4.69, 9.17) is 11.6 Å². The molecule has 5 heteroatoms. The maximum atomic E-state index is 12.3. The van der Waals surface area contributed by atoms with Crippen molar-refractivity contribution < 1.29 is 9.90 Å². The normalized spacial score (nSPS) is 11.4. The van der Waals surface area contributed by atoms with Gasteiger partial charge in [-0.05, 0) is 46.5 Å². The van der Waals surface area contributed by atoms with Gasteiger partial charge in [-0.15, -0.1) is 0 Å². The van der Waals surface area contributed by atoms with Crippen LogP contribution < -0.4 is 5.43 Å². The molecule has 0 fully saturated rings. The zero-order valence-corrected chi connectivity index (χ0v) is 18.0. The van der Waals surface area contributed by atoms with Crippen LogP contribution >= 0.6 is 11.6 Å². The van der Waals surface area contributed by atoms with Gasteiger partial charge < -0.3 is 5.11 Å². The van der Waals surface area contributed by atoms with Crippen molar-refractivity contribution in [2.75, 3.05) is 0 Å². The summed E-state index contributed by atoms with van der Waals surface area (Å²) in [5.41, 5.74) is 6.10. The zero-order chi connectivity index (χ0) is 22.3. The largest absolute Gasteiger partial charge is 0.506 e. The van der Waals surface area contributed by atoms with Gasteiger partial charge in [-0.2, -0.15) is 5.10 Å². The summed E-state index contributed by atoms with van der Waals surface area (Å²) in [6.07, 6.45) is 6.78. The molecular weight excluding hydrogens is 420 g/mol. The highest BCUT2D eigenvalue weighted by Crippen LogP contribution is 2.24. The van der Waals surface area contributed by atoms with Crippen LogP contribution in [0.5, 0.6) is 5.75 Å². The summed E-state index contributed by atoms with van der Waals surface area (Å²) in [4.78, 5) is 12.3. The number of phenols is 1. The lowest BCUT2D eigenvalue weighted by molar-refractivity contribution is 0.0955. The molecule has 0 aliphatic carbocycles. The van der Waals surface area contributed by atoms with E-state index in [2.05, 4.69) is 40.9 Å². The molecule has 0 aromatic heterocycles. The molecule has 0 radical (unpaired) electrons. The fraction of sp³-hybridized carbons (Fsp3) is 0.0370. The van der Waals surface area contributed by atoms with E-state index in [0.29, 0.717) is 5.56 Å². The van der Waals surface area contributed by atoms with E-state index in [-0.39, 0.29) is 10.8 Å². The van der Waals surface area contributed by atoms with E-state index in [1.807, 2.05) is 48.5 Å². The molecule has 0 aliphatic rings. The number of benzene rings is 4. The molecule has 2 N–H and O–H groups in total. The molecule has 0 saturated carbocycles. The molecule has 0 heterocycles. The first-order valence-corrected chi connectivity index (χ1v) is 10.5. The summed E-state index contributed by atoms with van der Waals surface area (Å²) >= 11 is 5.86. The number of hydrazone groups is 1. The maximum Gasteiger partial charge on any atom is 0.271 e. The summed E-state index contributed by atoms with van der Waals surface area (Å²) in [7, 11) is 0. The molecule has 0 saturated heterocycles. The minimum atomic E-state index is -0.409. The quantitative estimate of drug-likeness (QED) is 0.276. The second-order valence-electron chi connectivity index (χ2n) is 7.25. The minimum Gasteiger partial charge on any atom is -0.506 e. The lowest BCUT2D eigenvalue weighted by atomic mass is 9.99. The molecule has 4 nitrogen and oxygen atoms in total. The molecule has 0 atom stereocenters. The second-order valence-corrected chi connectivity index (χ2v) is 7.65. The summed E-state index contributed by atoms with van der Waals surface area (Å²) in [5.74, 6) is -0.482. The lowest BCUT2D eigenvalue weighted by Gasteiger charge is -2.06. The molecule has 32 heavy (non-hydrogen) atoms. The smallest absolute Gasteiger partial charge is 0.271 e. The van der Waals surface area contributed by atoms with Crippen molar-refractivity contribution in [2.45, 2.75) is 6.42 Å². The predicted octanol–water partition coefficient (Wildman–Crippen LogP) is 6.22. The van der Waals surface area contributed by atoms with Crippen molar-refractivity contribution >= 4 is 40.6 Å². The van der Waals surface area contributed by atoms with Gasteiger partial charge in [-0.25, -0.2) is 5.43 Å². The number of nitrogens with one attached hydrogen (secondary N) is 1. The Balaban J connectivity index is 1.51. The van der Waals surface area contributed by atoms with Gasteiger partial charge in [-0.3, -0.25) is 4.79 Å². The maximum absolute atomic E-state index is 12.3. The Morgan fingerprint density at radius 3 is 2.34 bits per heavy atom. The van der Waals surface area contributed by atoms with Crippen LogP contribution in [0.1, 0.15) is 27.0 Å². The highest BCUT2D eigenvalue weighted by molar-refractivity contribution is 6.32. The number of aromatic hydroxyl groups is 1. The first kappa shape index (κ1) is 21.3. The number of allylic oxidation sites excluding steroid dienone is 1. The molecule has 0 bridgehead atoms. The van der Waals surface area contributed by atoms with Crippen molar-refractivity contribution in [3.05, 3.63) is 118 Å². The number of carbonyl (C=O) groups excluding carboxylic acids is 1. The van der Waals surface area contributed by atoms with Crippen LogP contribution in [0.15, 0.2) is 96.1 Å². The molecule has 4 aromatic rings. The topological polar surface area (TPSA) is 61.7 Å². The third-order valence-corrected chi connectivity index (χ3v) is 5.37. The number of nitrogens with zero attached hydrogens (tertiary/aromatic N) is 1. The fourth-order valence-electron chi connectivity index (χ4n) is 3.41. The van der Waals surface area contributed by atoms with Crippen molar-refractivity contribution in [2.24, 2.45) is 5.10 Å². The predicted molar refractivity (Wildman–Crippen MR) is 131 cm³/mol. The van der Waals surface area contributed by atoms with Gasteiger partial charge in [0.25, 0.3) is 5.91 Å². The van der Waals surface area contributed by atoms with Gasteiger partial charge in [0.2, 0.25) is 0 Å². The molecule has 0 spiro atoms. The van der Waals surface area contributed by atoms with E-state index >= 15 is 0 Å². The van der Waals surface area contributed by atoms with Gasteiger partial charge >= 0.3 is 0 Å². The van der Waals surface area contributed by atoms with Crippen LogP contribution in [-0.2, 0) is 6.42 Å². The molecule has 158 valence electrons. The number of fused-ring (bicyclic) bond motifs is 1. The van der Waals surface area contributed by atoms with Crippen molar-refractivity contribution in [3.63, 3.8) is 0 Å². The van der Waals surface area contributed by atoms with E-state index in [9.17, 15) is 9.90 Å². The van der Waals surface area contributed by atoms with Crippen LogP contribution in [0.3, 0.4) is 0 Å². The zero-order valence-electron chi connectivity index (χ0n) is 17.2. The van der Waals surface area contributed by atoms with Gasteiger partial charge in [0, 0.05) is 11.1 Å². The number of halogens is 1. The second kappa shape index (κ2) is 9.94. The van der Waals surface area contributed by atoms with Crippen molar-refractivity contribution in [1.82, 2.24) is 5.43 Å². The highest BCUT2D eigenvalue weighted by atomic mass is 35.5. The van der Waals surface area contributed by atoms with Crippen LogP contribution in [-0.4, -0.2) is 17.2 Å². The van der Waals surface area contributed by atoms with Gasteiger partial charge in [0.05, 0.1) is 11.2 Å². The van der Waals surface area contributed by atoms with Crippen LogP contribution in [0.25, 0.3) is 16.8 Å². The number of rotatable bonds is 6. The van der Waals surface area contributed by atoms with Gasteiger partial charge in [0.15, 0.2) is 0 Å². The summed E-state index contributed by atoms with van der Waals surface area (Å²) in [6.45, 7) is 0. The number of hydrogen-bond donors (Lipinski definition) is 2. The highest BCUT2D eigenvalue weighted by Gasteiger charge is 2.08. The Labute approximate surface area is 191 Å². The summed E-state index contributed by atoms with van der Waals surface area (Å²) in [6, 6.07) is 26.7. The number of amides is 1. The Morgan fingerprint density at radius 1 is 0.906 bits per heavy atom. The molecule has 0 aliphatic heterocycles. The van der Waals surface area contributed by atoms with Crippen LogP contribution in [0.2, 0.25) is 5.02 Å². The Bertz CT molecular complexity index is 1310. The third kappa shape index (κ3) is 5.05.